The third kappa shape index (κ3) is 12.8. The molecule has 30 heavy (non-hydrogen) atoms. The summed E-state index contributed by atoms with van der Waals surface area (Å²) in [4.78, 5) is 21.4. The van der Waals surface area contributed by atoms with Crippen molar-refractivity contribution in [1.82, 2.24) is 25.8 Å². The maximum Gasteiger partial charge on any atom is 0.408 e. The highest BCUT2D eigenvalue weighted by atomic mass is 127. The van der Waals surface area contributed by atoms with Crippen molar-refractivity contribution in [2.75, 3.05) is 59.4 Å². The van der Waals surface area contributed by atoms with Crippen LogP contribution in [0.4, 0.5) is 4.79 Å². The Morgan fingerprint density at radius 1 is 1.07 bits per heavy atom. The quantitative estimate of drug-likeness (QED) is 0.249. The number of halogens is 1. The largest absolute Gasteiger partial charge is 0.444 e. The van der Waals surface area contributed by atoms with Gasteiger partial charge in [-0.2, -0.15) is 0 Å². The zero-order valence-corrected chi connectivity index (χ0v) is 22.6. The number of ether oxygens (including phenoxy) is 1. The summed E-state index contributed by atoms with van der Waals surface area (Å²) in [5.74, 6) is 1.27. The molecule has 1 unspecified atom stereocenters. The van der Waals surface area contributed by atoms with Crippen LogP contribution >= 0.6 is 24.0 Å². The Labute approximate surface area is 201 Å². The summed E-state index contributed by atoms with van der Waals surface area (Å²) < 4.78 is 5.34. The van der Waals surface area contributed by atoms with Gasteiger partial charge in [0, 0.05) is 52.9 Å². The SMILES string of the molecule is CCN1CCN(CC(C)CNC(=NC)NCC(C)(C)NC(=O)OC(C)(C)C)CC1.I. The number of carbonyl (C=O) groups is 1. The van der Waals surface area contributed by atoms with Crippen molar-refractivity contribution >= 4 is 36.0 Å². The van der Waals surface area contributed by atoms with Gasteiger partial charge in [-0.3, -0.25) is 4.99 Å². The van der Waals surface area contributed by atoms with Gasteiger partial charge >= 0.3 is 6.09 Å². The summed E-state index contributed by atoms with van der Waals surface area (Å²) in [5, 5.41) is 9.60. The van der Waals surface area contributed by atoms with Gasteiger partial charge in [-0.25, -0.2) is 4.79 Å². The Hall–Kier alpha value is -0.810. The molecule has 9 heteroatoms. The molecule has 1 heterocycles. The first-order valence-corrected chi connectivity index (χ1v) is 10.8. The molecule has 1 atom stereocenters. The van der Waals surface area contributed by atoms with Crippen LogP contribution in [-0.2, 0) is 4.74 Å². The van der Waals surface area contributed by atoms with Gasteiger partial charge < -0.3 is 30.5 Å². The van der Waals surface area contributed by atoms with Crippen molar-refractivity contribution in [3.8, 4) is 0 Å². The molecule has 1 aliphatic heterocycles. The molecule has 0 spiro atoms. The van der Waals surface area contributed by atoms with Crippen LogP contribution < -0.4 is 16.0 Å². The maximum absolute atomic E-state index is 12.0. The summed E-state index contributed by atoms with van der Waals surface area (Å²) in [6.45, 7) is 22.2. The molecule has 3 N–H and O–H groups in total. The van der Waals surface area contributed by atoms with Crippen molar-refractivity contribution in [2.45, 2.75) is 59.6 Å². The van der Waals surface area contributed by atoms with E-state index in [0.29, 0.717) is 12.5 Å². The van der Waals surface area contributed by atoms with Crippen molar-refractivity contribution in [3.63, 3.8) is 0 Å². The lowest BCUT2D eigenvalue weighted by Crippen LogP contribution is -2.54. The van der Waals surface area contributed by atoms with Gasteiger partial charge in [-0.1, -0.05) is 13.8 Å². The molecule has 1 aliphatic rings. The minimum atomic E-state index is -0.509. The van der Waals surface area contributed by atoms with Crippen LogP contribution in [0.1, 0.15) is 48.5 Å². The van der Waals surface area contributed by atoms with E-state index in [1.165, 1.54) is 13.1 Å². The highest BCUT2D eigenvalue weighted by Crippen LogP contribution is 2.09. The van der Waals surface area contributed by atoms with E-state index in [1.807, 2.05) is 34.6 Å². The number of likely N-dealkylation sites (N-methyl/N-ethyl adjacent to an activating group) is 1. The van der Waals surface area contributed by atoms with Gasteiger partial charge in [0.15, 0.2) is 5.96 Å². The number of rotatable bonds is 8. The average molecular weight is 541 g/mol. The number of nitrogens with zero attached hydrogens (tertiary/aromatic N) is 3. The summed E-state index contributed by atoms with van der Waals surface area (Å²) >= 11 is 0. The van der Waals surface area contributed by atoms with Gasteiger partial charge in [0.05, 0.1) is 5.54 Å². The average Bonchev–Trinajstić information content (AvgIpc) is 2.60. The molecule has 0 saturated carbocycles. The Balaban J connectivity index is 0.00000841. The van der Waals surface area contributed by atoms with Crippen LogP contribution in [0.2, 0.25) is 0 Å². The number of aliphatic imine (C=N–C) groups is 1. The molecule has 8 nitrogen and oxygen atoms in total. The molecule has 1 rings (SSSR count). The lowest BCUT2D eigenvalue weighted by molar-refractivity contribution is 0.0474. The smallest absolute Gasteiger partial charge is 0.408 e. The molecule has 178 valence electrons. The first-order valence-electron chi connectivity index (χ1n) is 10.8. The Morgan fingerprint density at radius 2 is 1.63 bits per heavy atom. The predicted octanol–water partition coefficient (Wildman–Crippen LogP) is 2.35. The van der Waals surface area contributed by atoms with Crippen molar-refractivity contribution in [2.24, 2.45) is 10.9 Å². The third-order valence-electron chi connectivity index (χ3n) is 4.86. The highest BCUT2D eigenvalue weighted by molar-refractivity contribution is 14.0. The maximum atomic E-state index is 12.0. The van der Waals surface area contributed by atoms with E-state index < -0.39 is 17.2 Å². The van der Waals surface area contributed by atoms with Crippen LogP contribution in [0.3, 0.4) is 0 Å². The van der Waals surface area contributed by atoms with Crippen LogP contribution in [0, 0.1) is 5.92 Å². The fourth-order valence-corrected chi connectivity index (χ4v) is 3.21. The van der Waals surface area contributed by atoms with E-state index in [-0.39, 0.29) is 24.0 Å². The summed E-state index contributed by atoms with van der Waals surface area (Å²) in [6.07, 6.45) is -0.413. The van der Waals surface area contributed by atoms with Crippen LogP contribution in [0.5, 0.6) is 0 Å². The number of carbonyl (C=O) groups excluding carboxylic acids is 1. The molecule has 0 radical (unpaired) electrons. The first kappa shape index (κ1) is 29.2. The second-order valence-corrected chi connectivity index (χ2v) is 9.66. The lowest BCUT2D eigenvalue weighted by atomic mass is 10.1. The molecule has 1 amide bonds. The molecule has 1 fully saturated rings. The molecule has 0 aromatic heterocycles. The Bertz CT molecular complexity index is 528. The van der Waals surface area contributed by atoms with E-state index in [0.717, 1.165) is 38.7 Å². The fraction of sp³-hybridized carbons (Fsp3) is 0.905. The number of guanidine groups is 1. The Morgan fingerprint density at radius 3 is 2.13 bits per heavy atom. The van der Waals surface area contributed by atoms with E-state index in [2.05, 4.69) is 44.6 Å². The van der Waals surface area contributed by atoms with Gasteiger partial charge in [-0.15, -0.1) is 24.0 Å². The number of amides is 1. The second kappa shape index (κ2) is 13.6. The highest BCUT2D eigenvalue weighted by Gasteiger charge is 2.25. The van der Waals surface area contributed by atoms with Crippen molar-refractivity contribution < 1.29 is 9.53 Å². The third-order valence-corrected chi connectivity index (χ3v) is 4.86. The predicted molar refractivity (Wildman–Crippen MR) is 136 cm³/mol. The number of nitrogens with one attached hydrogen (secondary N) is 3. The Kier molecular flexibility index (Phi) is 13.2. The van der Waals surface area contributed by atoms with Gasteiger partial charge in [0.1, 0.15) is 5.60 Å². The summed E-state index contributed by atoms with van der Waals surface area (Å²) in [5.41, 5.74) is -0.977. The van der Waals surface area contributed by atoms with E-state index in [1.54, 1.807) is 7.05 Å². The van der Waals surface area contributed by atoms with E-state index >= 15 is 0 Å². The first-order chi connectivity index (χ1) is 13.4. The van der Waals surface area contributed by atoms with Crippen LogP contribution in [0.25, 0.3) is 0 Å². The monoisotopic (exact) mass is 540 g/mol. The molecule has 0 aliphatic carbocycles. The molecule has 0 bridgehead atoms. The number of alkyl carbamates (subject to hydrolysis) is 1. The van der Waals surface area contributed by atoms with Gasteiger partial charge in [0.25, 0.3) is 0 Å². The zero-order chi connectivity index (χ0) is 22.1. The molecule has 0 aromatic rings. The minimum absolute atomic E-state index is 0. The normalized spacial score (nSPS) is 17.7. The van der Waals surface area contributed by atoms with E-state index in [4.69, 9.17) is 4.74 Å². The topological polar surface area (TPSA) is 81.2 Å². The van der Waals surface area contributed by atoms with Gasteiger partial charge in [0.2, 0.25) is 0 Å². The molecular weight excluding hydrogens is 495 g/mol. The molecule has 0 aromatic carbocycles. The second-order valence-electron chi connectivity index (χ2n) is 9.66. The van der Waals surface area contributed by atoms with Gasteiger partial charge in [-0.05, 0) is 47.1 Å². The van der Waals surface area contributed by atoms with Crippen molar-refractivity contribution in [3.05, 3.63) is 0 Å². The fourth-order valence-electron chi connectivity index (χ4n) is 3.21. The number of hydrogen-bond donors (Lipinski definition) is 3. The number of hydrogen-bond acceptors (Lipinski definition) is 5. The molecule has 1 saturated heterocycles. The van der Waals surface area contributed by atoms with Crippen LogP contribution in [-0.4, -0.2) is 92.4 Å². The zero-order valence-electron chi connectivity index (χ0n) is 20.3. The lowest BCUT2D eigenvalue weighted by Gasteiger charge is -2.35. The summed E-state index contributed by atoms with van der Waals surface area (Å²) in [6, 6.07) is 0. The minimum Gasteiger partial charge on any atom is -0.444 e. The molecular formula is C21H45IN6O2. The summed E-state index contributed by atoms with van der Waals surface area (Å²) in [7, 11) is 1.76. The van der Waals surface area contributed by atoms with Crippen molar-refractivity contribution in [1.29, 1.82) is 0 Å². The van der Waals surface area contributed by atoms with E-state index in [9.17, 15) is 4.79 Å². The van der Waals surface area contributed by atoms with Crippen LogP contribution in [0.15, 0.2) is 4.99 Å². The standard InChI is InChI=1S/C21H44N6O2.HI/c1-9-26-10-12-27(13-11-26)15-17(2)14-23-18(22-8)24-16-21(6,7)25-19(28)29-20(3,4)5;/h17H,9-16H2,1-8H3,(H,25,28)(H2,22,23,24);1H. The number of piperazine rings is 1.